The molecule has 1 saturated heterocycles. The molecule has 0 bridgehead atoms. The second kappa shape index (κ2) is 9.16. The van der Waals surface area contributed by atoms with Crippen molar-refractivity contribution in [3.8, 4) is 10.6 Å². The van der Waals surface area contributed by atoms with Crippen LogP contribution in [0.1, 0.15) is 19.5 Å². The van der Waals surface area contributed by atoms with Crippen molar-refractivity contribution in [2.45, 2.75) is 32.5 Å². The smallest absolute Gasteiger partial charge is 0.230 e. The maximum absolute atomic E-state index is 12.5. The molecule has 1 amide bonds. The predicted molar refractivity (Wildman–Crippen MR) is 124 cm³/mol. The highest BCUT2D eigenvalue weighted by Gasteiger charge is 2.22. The molecule has 0 spiro atoms. The monoisotopic (exact) mass is 441 g/mol. The Morgan fingerprint density at radius 3 is 2.57 bits per heavy atom. The molecule has 2 heterocycles. The summed E-state index contributed by atoms with van der Waals surface area (Å²) < 4.78 is 5.80. The molecular formula is C23H24ClN3O2S. The molecule has 4 rings (SSSR count). The lowest BCUT2D eigenvalue weighted by Gasteiger charge is -2.36. The van der Waals surface area contributed by atoms with Gasteiger partial charge in [-0.1, -0.05) is 29.8 Å². The van der Waals surface area contributed by atoms with Crippen LogP contribution < -0.4 is 10.2 Å². The molecule has 1 fully saturated rings. The van der Waals surface area contributed by atoms with Gasteiger partial charge in [0.15, 0.2) is 0 Å². The van der Waals surface area contributed by atoms with Gasteiger partial charge >= 0.3 is 0 Å². The average Bonchev–Trinajstić information content (AvgIpc) is 3.16. The minimum Gasteiger partial charge on any atom is -0.372 e. The lowest BCUT2D eigenvalue weighted by atomic mass is 10.2. The standard InChI is InChI=1S/C23H24ClN3O2S/c1-15-12-27(13-16(2)29-15)19-9-7-17(8-10-19)25-22(28)11-18-14-30-23(26-18)20-5-3-4-6-21(20)24/h3-10,14-16H,11-13H2,1-2H3,(H,25,28). The van der Waals surface area contributed by atoms with Gasteiger partial charge in [0.05, 0.1) is 29.3 Å². The zero-order chi connectivity index (χ0) is 21.1. The molecule has 30 heavy (non-hydrogen) atoms. The number of amides is 1. The van der Waals surface area contributed by atoms with E-state index in [-0.39, 0.29) is 24.5 Å². The Hall–Kier alpha value is -2.41. The highest BCUT2D eigenvalue weighted by atomic mass is 35.5. The first kappa shape index (κ1) is 20.8. The third-order valence-electron chi connectivity index (χ3n) is 4.93. The third kappa shape index (κ3) is 5.01. The number of rotatable bonds is 5. The molecule has 0 aliphatic carbocycles. The molecule has 2 aromatic carbocycles. The van der Waals surface area contributed by atoms with Crippen molar-refractivity contribution in [2.75, 3.05) is 23.3 Å². The molecule has 0 saturated carbocycles. The van der Waals surface area contributed by atoms with E-state index in [0.29, 0.717) is 5.02 Å². The maximum atomic E-state index is 12.5. The number of halogens is 1. The summed E-state index contributed by atoms with van der Waals surface area (Å²) in [5.41, 5.74) is 3.54. The van der Waals surface area contributed by atoms with Crippen LogP contribution in [0.4, 0.5) is 11.4 Å². The summed E-state index contributed by atoms with van der Waals surface area (Å²) in [5, 5.41) is 6.34. The Labute approximate surface area is 185 Å². The van der Waals surface area contributed by atoms with Gasteiger partial charge in [-0.25, -0.2) is 4.98 Å². The van der Waals surface area contributed by atoms with E-state index in [1.165, 1.54) is 11.3 Å². The Balaban J connectivity index is 1.36. The average molecular weight is 442 g/mol. The molecule has 7 heteroatoms. The molecule has 156 valence electrons. The van der Waals surface area contributed by atoms with Crippen molar-refractivity contribution in [1.29, 1.82) is 0 Å². The van der Waals surface area contributed by atoms with Crippen molar-refractivity contribution in [1.82, 2.24) is 4.98 Å². The molecule has 1 N–H and O–H groups in total. The summed E-state index contributed by atoms with van der Waals surface area (Å²) in [6, 6.07) is 15.5. The second-order valence-corrected chi connectivity index (χ2v) is 8.82. The fourth-order valence-corrected chi connectivity index (χ4v) is 4.80. The molecule has 2 atom stereocenters. The second-order valence-electron chi connectivity index (χ2n) is 7.56. The Bertz CT molecular complexity index is 1010. The molecule has 1 aromatic heterocycles. The van der Waals surface area contributed by atoms with E-state index in [0.717, 1.165) is 40.7 Å². The summed E-state index contributed by atoms with van der Waals surface area (Å²) in [6.45, 7) is 5.92. The van der Waals surface area contributed by atoms with Gasteiger partial charge in [-0.2, -0.15) is 0 Å². The fraction of sp³-hybridized carbons (Fsp3) is 0.304. The Morgan fingerprint density at radius 1 is 1.17 bits per heavy atom. The summed E-state index contributed by atoms with van der Waals surface area (Å²) in [5.74, 6) is -0.0904. The summed E-state index contributed by atoms with van der Waals surface area (Å²) >= 11 is 7.73. The first-order valence-electron chi connectivity index (χ1n) is 9.97. The van der Waals surface area contributed by atoms with Crippen LogP contribution in [0.3, 0.4) is 0 Å². The number of morpholine rings is 1. The first-order valence-corrected chi connectivity index (χ1v) is 11.2. The van der Waals surface area contributed by atoms with Gasteiger partial charge in [0.1, 0.15) is 5.01 Å². The van der Waals surface area contributed by atoms with Gasteiger partial charge in [0, 0.05) is 35.4 Å². The van der Waals surface area contributed by atoms with Crippen LogP contribution in [0.25, 0.3) is 10.6 Å². The van der Waals surface area contributed by atoms with E-state index in [4.69, 9.17) is 16.3 Å². The van der Waals surface area contributed by atoms with E-state index < -0.39 is 0 Å². The molecule has 1 aliphatic rings. The minimum atomic E-state index is -0.0904. The number of nitrogens with one attached hydrogen (secondary N) is 1. The lowest BCUT2D eigenvalue weighted by molar-refractivity contribution is -0.115. The molecule has 1 aliphatic heterocycles. The van der Waals surface area contributed by atoms with Gasteiger partial charge in [0.2, 0.25) is 5.91 Å². The Kier molecular flexibility index (Phi) is 6.37. The van der Waals surface area contributed by atoms with Crippen molar-refractivity contribution in [3.05, 3.63) is 64.6 Å². The normalized spacial score (nSPS) is 19.0. The number of carbonyl (C=O) groups excluding carboxylic acids is 1. The zero-order valence-electron chi connectivity index (χ0n) is 17.0. The number of benzene rings is 2. The van der Waals surface area contributed by atoms with Gasteiger partial charge < -0.3 is 15.0 Å². The molecule has 0 radical (unpaired) electrons. The van der Waals surface area contributed by atoms with Crippen LogP contribution in [-0.4, -0.2) is 36.2 Å². The third-order valence-corrected chi connectivity index (χ3v) is 6.19. The van der Waals surface area contributed by atoms with E-state index in [1.807, 2.05) is 53.9 Å². The van der Waals surface area contributed by atoms with Gasteiger partial charge in [0.25, 0.3) is 0 Å². The number of ether oxygens (including phenoxy) is 1. The van der Waals surface area contributed by atoms with Gasteiger partial charge in [-0.3, -0.25) is 4.79 Å². The number of aromatic nitrogens is 1. The van der Waals surface area contributed by atoms with Crippen molar-refractivity contribution in [3.63, 3.8) is 0 Å². The van der Waals surface area contributed by atoms with Crippen LogP contribution in [0, 0.1) is 0 Å². The molecule has 5 nitrogen and oxygen atoms in total. The number of hydrogen-bond donors (Lipinski definition) is 1. The molecule has 2 unspecified atom stereocenters. The van der Waals surface area contributed by atoms with Gasteiger partial charge in [-0.15, -0.1) is 11.3 Å². The quantitative estimate of drug-likeness (QED) is 0.586. The van der Waals surface area contributed by atoms with Crippen LogP contribution in [0.15, 0.2) is 53.9 Å². The molecule has 3 aromatic rings. The number of carbonyl (C=O) groups is 1. The first-order chi connectivity index (χ1) is 14.5. The van der Waals surface area contributed by atoms with E-state index in [2.05, 4.69) is 29.0 Å². The Morgan fingerprint density at radius 2 is 1.87 bits per heavy atom. The number of hydrogen-bond acceptors (Lipinski definition) is 5. The largest absolute Gasteiger partial charge is 0.372 e. The zero-order valence-corrected chi connectivity index (χ0v) is 18.5. The highest BCUT2D eigenvalue weighted by molar-refractivity contribution is 7.13. The van der Waals surface area contributed by atoms with Crippen LogP contribution in [0.5, 0.6) is 0 Å². The van der Waals surface area contributed by atoms with Crippen molar-refractivity contribution in [2.24, 2.45) is 0 Å². The van der Waals surface area contributed by atoms with E-state index in [9.17, 15) is 4.79 Å². The lowest BCUT2D eigenvalue weighted by Crippen LogP contribution is -2.45. The van der Waals surface area contributed by atoms with Crippen LogP contribution in [0.2, 0.25) is 5.02 Å². The van der Waals surface area contributed by atoms with E-state index in [1.54, 1.807) is 0 Å². The van der Waals surface area contributed by atoms with Crippen LogP contribution in [-0.2, 0) is 16.0 Å². The fourth-order valence-electron chi connectivity index (χ4n) is 3.66. The number of nitrogens with zero attached hydrogens (tertiary/aromatic N) is 2. The van der Waals surface area contributed by atoms with Crippen molar-refractivity contribution >= 4 is 40.2 Å². The van der Waals surface area contributed by atoms with Crippen molar-refractivity contribution < 1.29 is 9.53 Å². The number of anilines is 2. The van der Waals surface area contributed by atoms with E-state index >= 15 is 0 Å². The summed E-state index contributed by atoms with van der Waals surface area (Å²) in [6.07, 6.45) is 0.644. The predicted octanol–water partition coefficient (Wildman–Crippen LogP) is 5.26. The maximum Gasteiger partial charge on any atom is 0.230 e. The topological polar surface area (TPSA) is 54.5 Å². The SMILES string of the molecule is CC1CN(c2ccc(NC(=O)Cc3csc(-c4ccccc4Cl)n3)cc2)CC(C)O1. The van der Waals surface area contributed by atoms with Gasteiger partial charge in [-0.05, 0) is 44.2 Å². The highest BCUT2D eigenvalue weighted by Crippen LogP contribution is 2.30. The molecular weight excluding hydrogens is 418 g/mol. The van der Waals surface area contributed by atoms with Crippen LogP contribution >= 0.6 is 22.9 Å². The summed E-state index contributed by atoms with van der Waals surface area (Å²) in [4.78, 5) is 19.4. The minimum absolute atomic E-state index is 0.0904. The number of thiazole rings is 1. The summed E-state index contributed by atoms with van der Waals surface area (Å²) in [7, 11) is 0.